The molecular weight excluding hydrogens is 358 g/mol. The highest BCUT2D eigenvalue weighted by molar-refractivity contribution is 6.35. The maximum atomic E-state index is 12.1. The van der Waals surface area contributed by atoms with Gasteiger partial charge in [0, 0.05) is 32.3 Å². The van der Waals surface area contributed by atoms with Gasteiger partial charge in [0.25, 0.3) is 0 Å². The number of piperidine rings is 1. The van der Waals surface area contributed by atoms with Gasteiger partial charge < -0.3 is 25.0 Å². The molecule has 0 radical (unpaired) electrons. The number of likely N-dealkylation sites (tertiary alicyclic amines) is 1. The van der Waals surface area contributed by atoms with Crippen LogP contribution in [0, 0.1) is 5.92 Å². The van der Waals surface area contributed by atoms with Gasteiger partial charge in [-0.15, -0.1) is 0 Å². The average Bonchev–Trinajstić information content (AvgIpc) is 2.77. The minimum atomic E-state index is -0.588. The van der Waals surface area contributed by atoms with Gasteiger partial charge in [0.1, 0.15) is 5.75 Å². The fourth-order valence-electron chi connectivity index (χ4n) is 3.90. The molecule has 28 heavy (non-hydrogen) atoms. The molecule has 0 unspecified atom stereocenters. The number of amides is 2. The van der Waals surface area contributed by atoms with E-state index in [4.69, 9.17) is 9.47 Å². The summed E-state index contributed by atoms with van der Waals surface area (Å²) in [6.45, 7) is 4.75. The molecule has 0 atom stereocenters. The minimum Gasteiger partial charge on any atom is -0.497 e. The third-order valence-corrected chi connectivity index (χ3v) is 5.73. The van der Waals surface area contributed by atoms with Crippen molar-refractivity contribution in [3.05, 3.63) is 29.8 Å². The Balaban J connectivity index is 1.32. The molecule has 1 aromatic carbocycles. The van der Waals surface area contributed by atoms with Crippen LogP contribution in [0.5, 0.6) is 5.75 Å². The van der Waals surface area contributed by atoms with Gasteiger partial charge in [0.2, 0.25) is 0 Å². The number of ether oxygens (including phenoxy) is 2. The lowest BCUT2D eigenvalue weighted by Crippen LogP contribution is -2.47. The molecule has 2 amide bonds. The second-order valence-electron chi connectivity index (χ2n) is 7.56. The van der Waals surface area contributed by atoms with Crippen molar-refractivity contribution < 1.29 is 19.1 Å². The van der Waals surface area contributed by atoms with Gasteiger partial charge in [0.05, 0.1) is 7.11 Å². The van der Waals surface area contributed by atoms with Crippen molar-refractivity contribution in [2.75, 3.05) is 40.0 Å². The normalized spacial score (nSPS) is 19.2. The molecule has 2 aliphatic rings. The smallest absolute Gasteiger partial charge is 0.309 e. The van der Waals surface area contributed by atoms with Gasteiger partial charge >= 0.3 is 11.8 Å². The molecule has 2 saturated heterocycles. The van der Waals surface area contributed by atoms with Crippen LogP contribution in [0.3, 0.4) is 0 Å². The summed E-state index contributed by atoms with van der Waals surface area (Å²) in [5, 5.41) is 5.45. The Bertz CT molecular complexity index is 636. The number of methoxy groups -OCH3 is 1. The van der Waals surface area contributed by atoms with Crippen molar-refractivity contribution >= 4 is 11.8 Å². The van der Waals surface area contributed by atoms with E-state index >= 15 is 0 Å². The van der Waals surface area contributed by atoms with Crippen LogP contribution >= 0.6 is 0 Å². The maximum Gasteiger partial charge on any atom is 0.309 e. The number of benzene rings is 1. The first-order chi connectivity index (χ1) is 13.7. The summed E-state index contributed by atoms with van der Waals surface area (Å²) in [7, 11) is 1.61. The maximum absolute atomic E-state index is 12.1. The molecule has 1 aromatic rings. The Hall–Kier alpha value is -2.12. The summed E-state index contributed by atoms with van der Waals surface area (Å²) in [6, 6.07) is 8.03. The predicted octanol–water partition coefficient (Wildman–Crippen LogP) is 1.32. The zero-order valence-corrected chi connectivity index (χ0v) is 16.6. The van der Waals surface area contributed by atoms with Crippen LogP contribution in [0.15, 0.2) is 24.3 Å². The Morgan fingerprint density at radius 3 is 2.32 bits per heavy atom. The van der Waals surface area contributed by atoms with Crippen LogP contribution in [0.4, 0.5) is 0 Å². The van der Waals surface area contributed by atoms with E-state index in [0.29, 0.717) is 25.0 Å². The van der Waals surface area contributed by atoms with E-state index in [2.05, 4.69) is 15.5 Å². The van der Waals surface area contributed by atoms with Crippen molar-refractivity contribution in [2.45, 2.75) is 38.3 Å². The minimum absolute atomic E-state index is 0.319. The second kappa shape index (κ2) is 10.4. The lowest BCUT2D eigenvalue weighted by atomic mass is 9.94. The van der Waals surface area contributed by atoms with Crippen LogP contribution in [0.25, 0.3) is 0 Å². The molecule has 7 nitrogen and oxygen atoms in total. The molecule has 2 fully saturated rings. The molecule has 2 N–H and O–H groups in total. The topological polar surface area (TPSA) is 79.9 Å². The molecule has 3 rings (SSSR count). The monoisotopic (exact) mass is 389 g/mol. The van der Waals surface area contributed by atoms with Crippen LogP contribution in [-0.4, -0.2) is 62.7 Å². The molecule has 0 aromatic heterocycles. The van der Waals surface area contributed by atoms with E-state index < -0.39 is 11.8 Å². The third kappa shape index (κ3) is 5.94. The van der Waals surface area contributed by atoms with Crippen molar-refractivity contribution in [1.82, 2.24) is 15.5 Å². The average molecular weight is 389 g/mol. The largest absolute Gasteiger partial charge is 0.497 e. The highest BCUT2D eigenvalue weighted by Crippen LogP contribution is 2.22. The standard InChI is InChI=1S/C21H31N3O4/c1-27-19-4-2-16(3-5-19)14-22-20(25)21(26)23-15-17-6-10-24(11-7-17)18-8-12-28-13-9-18/h2-5,17-18H,6-15H2,1H3,(H,22,25)(H,23,26). The zero-order chi connectivity index (χ0) is 19.8. The molecule has 2 aliphatic heterocycles. The number of nitrogens with zero attached hydrogens (tertiary/aromatic N) is 1. The van der Waals surface area contributed by atoms with Crippen LogP contribution in [0.1, 0.15) is 31.2 Å². The number of hydrogen-bond donors (Lipinski definition) is 2. The molecule has 0 saturated carbocycles. The van der Waals surface area contributed by atoms with Crippen LogP contribution < -0.4 is 15.4 Å². The molecule has 0 bridgehead atoms. The number of carbonyl (C=O) groups is 2. The molecule has 0 aliphatic carbocycles. The van der Waals surface area contributed by atoms with E-state index in [0.717, 1.165) is 63.3 Å². The molecular formula is C21H31N3O4. The molecule has 154 valence electrons. The van der Waals surface area contributed by atoms with Crippen LogP contribution in [0.2, 0.25) is 0 Å². The van der Waals surface area contributed by atoms with E-state index in [9.17, 15) is 9.59 Å². The Morgan fingerprint density at radius 2 is 1.68 bits per heavy atom. The first-order valence-electron chi connectivity index (χ1n) is 10.2. The fraction of sp³-hybridized carbons (Fsp3) is 0.619. The summed E-state index contributed by atoms with van der Waals surface area (Å²) in [6.07, 6.45) is 4.36. The van der Waals surface area contributed by atoms with Crippen LogP contribution in [-0.2, 0) is 20.9 Å². The molecule has 2 heterocycles. The van der Waals surface area contributed by atoms with E-state index in [1.54, 1.807) is 7.11 Å². The van der Waals surface area contributed by atoms with Gasteiger partial charge in [-0.1, -0.05) is 12.1 Å². The van der Waals surface area contributed by atoms with Gasteiger partial charge in [0.15, 0.2) is 0 Å². The summed E-state index contributed by atoms with van der Waals surface area (Å²) >= 11 is 0. The van der Waals surface area contributed by atoms with Crippen molar-refractivity contribution in [1.29, 1.82) is 0 Å². The van der Waals surface area contributed by atoms with Crippen molar-refractivity contribution in [3.8, 4) is 5.75 Å². The first kappa shape index (κ1) is 20.6. The fourth-order valence-corrected chi connectivity index (χ4v) is 3.90. The number of nitrogens with one attached hydrogen (secondary N) is 2. The number of hydrogen-bond acceptors (Lipinski definition) is 5. The predicted molar refractivity (Wildman–Crippen MR) is 106 cm³/mol. The molecule has 7 heteroatoms. The summed E-state index contributed by atoms with van der Waals surface area (Å²) in [5.74, 6) is 0.0564. The third-order valence-electron chi connectivity index (χ3n) is 5.73. The quantitative estimate of drug-likeness (QED) is 0.718. The Labute approximate surface area is 166 Å². The van der Waals surface area contributed by atoms with Gasteiger partial charge in [-0.2, -0.15) is 0 Å². The van der Waals surface area contributed by atoms with Crippen molar-refractivity contribution in [2.24, 2.45) is 5.92 Å². The SMILES string of the molecule is COc1ccc(CNC(=O)C(=O)NCC2CCN(C3CCOCC3)CC2)cc1. The number of rotatable bonds is 6. The number of carbonyl (C=O) groups excluding carboxylic acids is 2. The van der Waals surface area contributed by atoms with Gasteiger partial charge in [-0.05, 0) is 62.4 Å². The lowest BCUT2D eigenvalue weighted by Gasteiger charge is -2.39. The highest BCUT2D eigenvalue weighted by Gasteiger charge is 2.27. The highest BCUT2D eigenvalue weighted by atomic mass is 16.5. The molecule has 0 spiro atoms. The van der Waals surface area contributed by atoms with Gasteiger partial charge in [-0.25, -0.2) is 0 Å². The Morgan fingerprint density at radius 1 is 1.04 bits per heavy atom. The lowest BCUT2D eigenvalue weighted by molar-refractivity contribution is -0.139. The summed E-state index contributed by atoms with van der Waals surface area (Å²) in [4.78, 5) is 26.6. The van der Waals surface area contributed by atoms with E-state index in [-0.39, 0.29) is 0 Å². The van der Waals surface area contributed by atoms with Gasteiger partial charge in [-0.3, -0.25) is 9.59 Å². The summed E-state index contributed by atoms with van der Waals surface area (Å²) < 4.78 is 10.5. The van der Waals surface area contributed by atoms with E-state index in [1.165, 1.54) is 0 Å². The Kier molecular flexibility index (Phi) is 7.68. The summed E-state index contributed by atoms with van der Waals surface area (Å²) in [5.41, 5.74) is 0.919. The first-order valence-corrected chi connectivity index (χ1v) is 10.2. The van der Waals surface area contributed by atoms with Crippen molar-refractivity contribution in [3.63, 3.8) is 0 Å². The second-order valence-corrected chi connectivity index (χ2v) is 7.56. The van der Waals surface area contributed by atoms with E-state index in [1.807, 2.05) is 24.3 Å². The zero-order valence-electron chi connectivity index (χ0n) is 16.6.